The number of piperazine rings is 1. The predicted octanol–water partition coefficient (Wildman–Crippen LogP) is 0.829. The van der Waals surface area contributed by atoms with Gasteiger partial charge >= 0.3 is 0 Å². The summed E-state index contributed by atoms with van der Waals surface area (Å²) in [5.74, 6) is 0.935. The van der Waals surface area contributed by atoms with E-state index in [0.29, 0.717) is 6.04 Å². The number of nitrogens with two attached hydrogens (primary N) is 1. The maximum absolute atomic E-state index is 5.79. The van der Waals surface area contributed by atoms with E-state index in [-0.39, 0.29) is 0 Å². The van der Waals surface area contributed by atoms with E-state index in [1.807, 2.05) is 12.1 Å². The second-order valence-corrected chi connectivity index (χ2v) is 4.42. The van der Waals surface area contributed by atoms with Gasteiger partial charge in [0.05, 0.1) is 12.3 Å². The molecule has 0 amide bonds. The van der Waals surface area contributed by atoms with Gasteiger partial charge in [0.25, 0.3) is 0 Å². The van der Waals surface area contributed by atoms with Gasteiger partial charge in [0.1, 0.15) is 5.75 Å². The molecule has 0 aromatic heterocycles. The molecule has 0 aliphatic carbocycles. The molecule has 0 spiro atoms. The van der Waals surface area contributed by atoms with Gasteiger partial charge in [0.15, 0.2) is 0 Å². The van der Waals surface area contributed by atoms with Gasteiger partial charge in [-0.3, -0.25) is 0 Å². The van der Waals surface area contributed by atoms with Crippen molar-refractivity contribution in [3.8, 4) is 5.75 Å². The van der Waals surface area contributed by atoms with Gasteiger partial charge in [-0.1, -0.05) is 0 Å². The van der Waals surface area contributed by atoms with E-state index < -0.39 is 0 Å². The molecular weight excluding hydrogens is 202 g/mol. The third-order valence-corrected chi connectivity index (χ3v) is 3.35. The number of hydrogen-bond acceptors (Lipinski definition) is 4. The van der Waals surface area contributed by atoms with E-state index in [0.717, 1.165) is 44.1 Å². The summed E-state index contributed by atoms with van der Waals surface area (Å²) in [5.41, 5.74) is 7.75. The van der Waals surface area contributed by atoms with Gasteiger partial charge in [0, 0.05) is 43.9 Å². The standard InChI is InChI=1S/C12H17N3O/c13-9-1-2-11-12(7-9)16-6-3-10-8-14-4-5-15(10)11/h1-2,7,10,14H,3-6,8,13H2. The number of nitrogens with one attached hydrogen (secondary N) is 1. The fourth-order valence-electron chi connectivity index (χ4n) is 2.52. The summed E-state index contributed by atoms with van der Waals surface area (Å²) < 4.78 is 5.77. The number of rotatable bonds is 0. The molecule has 1 aromatic carbocycles. The number of fused-ring (bicyclic) bond motifs is 3. The predicted molar refractivity (Wildman–Crippen MR) is 65.0 cm³/mol. The van der Waals surface area contributed by atoms with Gasteiger partial charge in [0.2, 0.25) is 0 Å². The summed E-state index contributed by atoms with van der Waals surface area (Å²) in [6.45, 7) is 3.91. The van der Waals surface area contributed by atoms with Crippen molar-refractivity contribution >= 4 is 11.4 Å². The second kappa shape index (κ2) is 3.87. The highest BCUT2D eigenvalue weighted by Crippen LogP contribution is 2.35. The molecule has 1 atom stereocenters. The van der Waals surface area contributed by atoms with E-state index in [1.165, 1.54) is 5.69 Å². The zero-order valence-electron chi connectivity index (χ0n) is 9.28. The summed E-state index contributed by atoms with van der Waals surface area (Å²) in [7, 11) is 0. The van der Waals surface area contributed by atoms with Crippen molar-refractivity contribution in [2.24, 2.45) is 0 Å². The first-order valence-electron chi connectivity index (χ1n) is 5.84. The van der Waals surface area contributed by atoms with Crippen LogP contribution in [0.4, 0.5) is 11.4 Å². The van der Waals surface area contributed by atoms with Crippen LogP contribution in [0.5, 0.6) is 5.75 Å². The highest BCUT2D eigenvalue weighted by molar-refractivity contribution is 5.65. The fourth-order valence-corrected chi connectivity index (χ4v) is 2.52. The van der Waals surface area contributed by atoms with Gasteiger partial charge < -0.3 is 20.7 Å². The molecule has 1 unspecified atom stereocenters. The maximum atomic E-state index is 5.79. The fraction of sp³-hybridized carbons (Fsp3) is 0.500. The van der Waals surface area contributed by atoms with Crippen LogP contribution in [0.2, 0.25) is 0 Å². The molecule has 1 saturated heterocycles. The molecule has 1 aromatic rings. The molecule has 3 N–H and O–H groups in total. The minimum absolute atomic E-state index is 0.554. The van der Waals surface area contributed by atoms with Gasteiger partial charge in [-0.15, -0.1) is 0 Å². The zero-order chi connectivity index (χ0) is 11.0. The third-order valence-electron chi connectivity index (χ3n) is 3.35. The van der Waals surface area contributed by atoms with E-state index in [2.05, 4.69) is 16.3 Å². The number of ether oxygens (including phenoxy) is 1. The van der Waals surface area contributed by atoms with Crippen molar-refractivity contribution < 1.29 is 4.74 Å². The van der Waals surface area contributed by atoms with Crippen molar-refractivity contribution in [2.75, 3.05) is 36.9 Å². The van der Waals surface area contributed by atoms with Crippen LogP contribution in [0.3, 0.4) is 0 Å². The molecule has 2 aliphatic rings. The van der Waals surface area contributed by atoms with Crippen LogP contribution in [-0.4, -0.2) is 32.3 Å². The van der Waals surface area contributed by atoms with Crippen LogP contribution in [-0.2, 0) is 0 Å². The van der Waals surface area contributed by atoms with Crippen LogP contribution in [0.25, 0.3) is 0 Å². The van der Waals surface area contributed by atoms with Crippen LogP contribution in [0, 0.1) is 0 Å². The Morgan fingerprint density at radius 3 is 3.31 bits per heavy atom. The van der Waals surface area contributed by atoms with Crippen molar-refractivity contribution in [3.63, 3.8) is 0 Å². The molecule has 4 nitrogen and oxygen atoms in total. The molecule has 0 radical (unpaired) electrons. The van der Waals surface area contributed by atoms with Crippen LogP contribution in [0.15, 0.2) is 18.2 Å². The lowest BCUT2D eigenvalue weighted by atomic mass is 10.1. The normalized spacial score (nSPS) is 24.0. The molecule has 3 rings (SSSR count). The first kappa shape index (κ1) is 9.78. The first-order chi connectivity index (χ1) is 7.84. The summed E-state index contributed by atoms with van der Waals surface area (Å²) in [5, 5.41) is 3.43. The quantitative estimate of drug-likeness (QED) is 0.635. The average Bonchev–Trinajstić information content (AvgIpc) is 2.47. The molecule has 0 bridgehead atoms. The largest absolute Gasteiger partial charge is 0.491 e. The molecule has 16 heavy (non-hydrogen) atoms. The molecule has 2 aliphatic heterocycles. The Morgan fingerprint density at radius 1 is 1.44 bits per heavy atom. The lowest BCUT2D eigenvalue weighted by molar-refractivity contribution is 0.304. The summed E-state index contributed by atoms with van der Waals surface area (Å²) in [6.07, 6.45) is 1.07. The van der Waals surface area contributed by atoms with Crippen molar-refractivity contribution in [2.45, 2.75) is 12.5 Å². The lowest BCUT2D eigenvalue weighted by Gasteiger charge is -2.36. The monoisotopic (exact) mass is 219 g/mol. The smallest absolute Gasteiger partial charge is 0.144 e. The summed E-state index contributed by atoms with van der Waals surface area (Å²) in [6, 6.07) is 6.51. The molecular formula is C12H17N3O. The topological polar surface area (TPSA) is 50.5 Å². The van der Waals surface area contributed by atoms with Crippen LogP contribution >= 0.6 is 0 Å². The lowest BCUT2D eigenvalue weighted by Crippen LogP contribution is -2.51. The van der Waals surface area contributed by atoms with Crippen molar-refractivity contribution in [3.05, 3.63) is 18.2 Å². The van der Waals surface area contributed by atoms with Crippen LogP contribution < -0.4 is 20.7 Å². The molecule has 2 heterocycles. The van der Waals surface area contributed by atoms with Crippen molar-refractivity contribution in [1.29, 1.82) is 0 Å². The number of benzene rings is 1. The van der Waals surface area contributed by atoms with Crippen molar-refractivity contribution in [1.82, 2.24) is 5.32 Å². The molecule has 86 valence electrons. The summed E-state index contributed by atoms with van der Waals surface area (Å²) >= 11 is 0. The van der Waals surface area contributed by atoms with Gasteiger partial charge in [-0.25, -0.2) is 0 Å². The zero-order valence-corrected chi connectivity index (χ0v) is 9.28. The minimum Gasteiger partial charge on any atom is -0.491 e. The molecule has 1 fully saturated rings. The van der Waals surface area contributed by atoms with E-state index >= 15 is 0 Å². The SMILES string of the molecule is Nc1ccc2c(c1)OCCC1CNCCN21. The number of nitrogen functional groups attached to an aromatic ring is 1. The van der Waals surface area contributed by atoms with E-state index in [9.17, 15) is 0 Å². The van der Waals surface area contributed by atoms with Gasteiger partial charge in [-0.2, -0.15) is 0 Å². The Labute approximate surface area is 95.4 Å². The number of nitrogens with zero attached hydrogens (tertiary/aromatic N) is 1. The summed E-state index contributed by atoms with van der Waals surface area (Å²) in [4.78, 5) is 2.44. The number of hydrogen-bond donors (Lipinski definition) is 2. The molecule has 4 heteroatoms. The Hall–Kier alpha value is -1.42. The average molecular weight is 219 g/mol. The second-order valence-electron chi connectivity index (χ2n) is 4.42. The Balaban J connectivity index is 2.00. The highest BCUT2D eigenvalue weighted by Gasteiger charge is 2.27. The third kappa shape index (κ3) is 1.59. The maximum Gasteiger partial charge on any atom is 0.144 e. The first-order valence-corrected chi connectivity index (χ1v) is 5.84. The van der Waals surface area contributed by atoms with Gasteiger partial charge in [-0.05, 0) is 12.1 Å². The molecule has 0 saturated carbocycles. The Kier molecular flexibility index (Phi) is 2.36. The van der Waals surface area contributed by atoms with E-state index in [4.69, 9.17) is 10.5 Å². The minimum atomic E-state index is 0.554. The number of anilines is 2. The highest BCUT2D eigenvalue weighted by atomic mass is 16.5. The Morgan fingerprint density at radius 2 is 2.38 bits per heavy atom. The Bertz CT molecular complexity index is 394. The van der Waals surface area contributed by atoms with E-state index in [1.54, 1.807) is 0 Å². The van der Waals surface area contributed by atoms with Crippen LogP contribution in [0.1, 0.15) is 6.42 Å².